The smallest absolute Gasteiger partial charge is 0.167 e. The molecule has 5 nitrogen and oxygen atoms in total. The fourth-order valence-corrected chi connectivity index (χ4v) is 12.0. The van der Waals surface area contributed by atoms with Gasteiger partial charge in [-0.25, -0.2) is 19.9 Å². The Morgan fingerprint density at radius 3 is 1.74 bits per heavy atom. The van der Waals surface area contributed by atoms with E-state index in [1.165, 1.54) is 48.6 Å². The van der Waals surface area contributed by atoms with E-state index in [0.717, 1.165) is 66.2 Å². The largest absolute Gasteiger partial charge is 0.455 e. The molecule has 0 radical (unpaired) electrons. The SMILES string of the molecule is c1ccc(-c2nc(-c3ccc(-c4nc5ccccc5c5c6c(ccc45)C4(c5ccccc5S6)c5ccccc5-c5ccccc54)cc3)nc(-c3cccc4c3oc3ccccc34)n2)cc1. The van der Waals surface area contributed by atoms with Crippen LogP contribution < -0.4 is 0 Å². The molecule has 0 saturated heterocycles. The summed E-state index contributed by atoms with van der Waals surface area (Å²) in [6, 6.07) is 73.2. The highest BCUT2D eigenvalue weighted by Gasteiger charge is 2.50. The maximum absolute atomic E-state index is 6.46. The highest BCUT2D eigenvalue weighted by Crippen LogP contribution is 2.63. The number of para-hydroxylation sites is 3. The summed E-state index contributed by atoms with van der Waals surface area (Å²) < 4.78 is 6.46. The van der Waals surface area contributed by atoms with Crippen LogP contribution in [0.15, 0.2) is 220 Å². The standard InChI is InChI=1S/C59H34N4OS/c1-2-15-36(16-3-1)56-61-57(63-58(62-56)44-22-14-21-41-40-19-7-12-27-50(40)64-54(41)44)37-31-29-35(30-32-37)53-43-33-34-48-55(52(43)42-20-6-11-26-49(42)60-53)65-51-28-13-10-25-47(51)59(48)45-23-8-4-17-38(45)39-18-5-9-24-46(39)59/h1-34H. The summed E-state index contributed by atoms with van der Waals surface area (Å²) in [5.41, 5.74) is 14.5. The molecule has 0 unspecified atom stereocenters. The van der Waals surface area contributed by atoms with E-state index in [1.54, 1.807) is 0 Å². The fourth-order valence-electron chi connectivity index (χ4n) is 10.6. The molecular formula is C59H34N4OS. The van der Waals surface area contributed by atoms with Crippen LogP contribution in [0.5, 0.6) is 0 Å². The molecule has 0 bridgehead atoms. The van der Waals surface area contributed by atoms with Crippen molar-refractivity contribution in [3.05, 3.63) is 229 Å². The molecule has 1 spiro atoms. The lowest BCUT2D eigenvalue weighted by Gasteiger charge is -2.40. The minimum atomic E-state index is -0.470. The molecule has 12 aromatic rings. The van der Waals surface area contributed by atoms with Gasteiger partial charge >= 0.3 is 0 Å². The van der Waals surface area contributed by atoms with Crippen molar-refractivity contribution in [3.63, 3.8) is 0 Å². The Hall–Kier alpha value is -8.19. The fraction of sp³-hybridized carbons (Fsp3) is 0.0169. The van der Waals surface area contributed by atoms with Crippen LogP contribution in [0.1, 0.15) is 22.3 Å². The Morgan fingerprint density at radius 2 is 0.954 bits per heavy atom. The van der Waals surface area contributed by atoms with Crippen LogP contribution in [0.3, 0.4) is 0 Å². The van der Waals surface area contributed by atoms with Crippen LogP contribution in [0, 0.1) is 0 Å². The summed E-state index contributed by atoms with van der Waals surface area (Å²) in [5.74, 6) is 1.73. The van der Waals surface area contributed by atoms with E-state index in [4.69, 9.17) is 24.4 Å². The van der Waals surface area contributed by atoms with Crippen LogP contribution in [-0.4, -0.2) is 19.9 Å². The number of furan rings is 1. The third kappa shape index (κ3) is 5.23. The van der Waals surface area contributed by atoms with Crippen molar-refractivity contribution in [3.8, 4) is 56.5 Å². The van der Waals surface area contributed by atoms with Gasteiger partial charge in [0.25, 0.3) is 0 Å². The summed E-state index contributed by atoms with van der Waals surface area (Å²) in [6.07, 6.45) is 0. The van der Waals surface area contributed by atoms with Crippen LogP contribution in [-0.2, 0) is 5.41 Å². The number of rotatable bonds is 4. The maximum Gasteiger partial charge on any atom is 0.167 e. The molecule has 4 heterocycles. The van der Waals surface area contributed by atoms with E-state index in [0.29, 0.717) is 17.5 Å². The van der Waals surface area contributed by atoms with Gasteiger partial charge in [0.1, 0.15) is 11.2 Å². The number of benzene rings is 9. The van der Waals surface area contributed by atoms with Gasteiger partial charge in [0.05, 0.1) is 22.2 Å². The molecule has 0 N–H and O–H groups in total. The van der Waals surface area contributed by atoms with E-state index in [-0.39, 0.29) is 0 Å². The Morgan fingerprint density at radius 1 is 0.369 bits per heavy atom. The van der Waals surface area contributed by atoms with Gasteiger partial charge in [-0.3, -0.25) is 0 Å². The predicted octanol–water partition coefficient (Wildman–Crippen LogP) is 15.0. The lowest BCUT2D eigenvalue weighted by molar-refractivity contribution is 0.669. The quantitative estimate of drug-likeness (QED) is 0.164. The third-order valence-corrected chi connectivity index (χ3v) is 14.6. The predicted molar refractivity (Wildman–Crippen MR) is 263 cm³/mol. The zero-order chi connectivity index (χ0) is 42.6. The second-order valence-corrected chi connectivity index (χ2v) is 17.9. The Balaban J connectivity index is 0.955. The Bertz CT molecular complexity index is 3890. The van der Waals surface area contributed by atoms with Gasteiger partial charge in [0.2, 0.25) is 0 Å². The van der Waals surface area contributed by atoms with E-state index >= 15 is 0 Å². The topological polar surface area (TPSA) is 64.7 Å². The molecule has 1 aliphatic heterocycles. The van der Waals surface area contributed by atoms with E-state index in [9.17, 15) is 0 Å². The molecule has 65 heavy (non-hydrogen) atoms. The Labute approximate surface area is 378 Å². The molecule has 14 rings (SSSR count). The number of fused-ring (bicyclic) bond motifs is 16. The number of hydrogen-bond acceptors (Lipinski definition) is 6. The molecule has 9 aromatic carbocycles. The molecule has 0 atom stereocenters. The van der Waals surface area contributed by atoms with Gasteiger partial charge in [-0.1, -0.05) is 194 Å². The molecule has 3 aromatic heterocycles. The molecule has 6 heteroatoms. The first-order chi connectivity index (χ1) is 32.2. The van der Waals surface area contributed by atoms with Crippen molar-refractivity contribution in [1.82, 2.24) is 19.9 Å². The monoisotopic (exact) mass is 846 g/mol. The Kier molecular flexibility index (Phi) is 7.77. The molecule has 0 saturated carbocycles. The number of aromatic nitrogens is 4. The third-order valence-electron chi connectivity index (χ3n) is 13.4. The summed E-state index contributed by atoms with van der Waals surface area (Å²) in [4.78, 5) is 23.2. The highest BCUT2D eigenvalue weighted by atomic mass is 32.2. The van der Waals surface area contributed by atoms with E-state index < -0.39 is 5.41 Å². The second-order valence-electron chi connectivity index (χ2n) is 16.8. The zero-order valence-electron chi connectivity index (χ0n) is 34.7. The zero-order valence-corrected chi connectivity index (χ0v) is 35.6. The highest BCUT2D eigenvalue weighted by molar-refractivity contribution is 7.99. The lowest BCUT2D eigenvalue weighted by Crippen LogP contribution is -2.32. The number of nitrogens with zero attached hydrogens (tertiary/aromatic N) is 4. The number of hydrogen-bond donors (Lipinski definition) is 0. The first kappa shape index (κ1) is 36.3. The molecule has 0 amide bonds. The summed E-state index contributed by atoms with van der Waals surface area (Å²) in [7, 11) is 0. The summed E-state index contributed by atoms with van der Waals surface area (Å²) in [6.45, 7) is 0. The lowest BCUT2D eigenvalue weighted by atomic mass is 9.67. The van der Waals surface area contributed by atoms with Gasteiger partial charge in [0.15, 0.2) is 17.5 Å². The minimum Gasteiger partial charge on any atom is -0.455 e. The van der Waals surface area contributed by atoms with Crippen LogP contribution in [0.2, 0.25) is 0 Å². The molecule has 302 valence electrons. The first-order valence-corrected chi connectivity index (χ1v) is 22.7. The van der Waals surface area contributed by atoms with Gasteiger partial charge in [-0.2, -0.15) is 0 Å². The van der Waals surface area contributed by atoms with Crippen molar-refractivity contribution < 1.29 is 4.42 Å². The second kappa shape index (κ2) is 13.9. The van der Waals surface area contributed by atoms with Gasteiger partial charge in [-0.05, 0) is 57.6 Å². The normalized spacial score (nSPS) is 13.3. The molecule has 2 aliphatic rings. The van der Waals surface area contributed by atoms with Crippen molar-refractivity contribution in [2.45, 2.75) is 15.2 Å². The first-order valence-electron chi connectivity index (χ1n) is 21.9. The molecular weight excluding hydrogens is 813 g/mol. The minimum absolute atomic E-state index is 0.470. The van der Waals surface area contributed by atoms with Crippen molar-refractivity contribution in [2.24, 2.45) is 0 Å². The van der Waals surface area contributed by atoms with E-state index in [2.05, 4.69) is 146 Å². The average Bonchev–Trinajstić information content (AvgIpc) is 3.90. The molecule has 0 fully saturated rings. The van der Waals surface area contributed by atoms with E-state index in [1.807, 2.05) is 72.4 Å². The molecule has 1 aliphatic carbocycles. The van der Waals surface area contributed by atoms with Gasteiger partial charge < -0.3 is 4.42 Å². The van der Waals surface area contributed by atoms with Crippen LogP contribution in [0.4, 0.5) is 0 Å². The van der Waals surface area contributed by atoms with Crippen molar-refractivity contribution in [1.29, 1.82) is 0 Å². The van der Waals surface area contributed by atoms with Crippen LogP contribution >= 0.6 is 11.8 Å². The maximum atomic E-state index is 6.46. The van der Waals surface area contributed by atoms with Gasteiger partial charge in [-0.15, -0.1) is 0 Å². The average molecular weight is 847 g/mol. The van der Waals surface area contributed by atoms with Crippen LogP contribution in [0.25, 0.3) is 100 Å². The van der Waals surface area contributed by atoms with Crippen molar-refractivity contribution in [2.75, 3.05) is 0 Å². The summed E-state index contributed by atoms with van der Waals surface area (Å²) in [5, 5.41) is 5.57. The van der Waals surface area contributed by atoms with Crippen molar-refractivity contribution >= 4 is 55.4 Å². The number of pyridine rings is 1. The summed E-state index contributed by atoms with van der Waals surface area (Å²) >= 11 is 1.88. The van der Waals surface area contributed by atoms with Gasteiger partial charge in [0, 0.05) is 53.4 Å².